The minimum Gasteiger partial charge on any atom is -0.493 e. The highest BCUT2D eigenvalue weighted by atomic mass is 35.5. The normalized spacial score (nSPS) is 10.3. The number of rotatable bonds is 4. The highest BCUT2D eigenvalue weighted by molar-refractivity contribution is 6.34. The van der Waals surface area contributed by atoms with E-state index in [-0.39, 0.29) is 0 Å². The molecule has 5 heteroatoms. The lowest BCUT2D eigenvalue weighted by Crippen LogP contribution is -1.99. The Morgan fingerprint density at radius 3 is 2.32 bits per heavy atom. The van der Waals surface area contributed by atoms with Crippen LogP contribution in [0.3, 0.4) is 0 Å². The summed E-state index contributed by atoms with van der Waals surface area (Å²) in [5.74, 6) is 1.21. The quantitative estimate of drug-likeness (QED) is 0.862. The third-order valence-electron chi connectivity index (χ3n) is 2.50. The largest absolute Gasteiger partial charge is 0.493 e. The maximum absolute atomic E-state index is 5.93. The lowest BCUT2D eigenvalue weighted by atomic mass is 10.2. The van der Waals surface area contributed by atoms with E-state index >= 15 is 0 Å². The summed E-state index contributed by atoms with van der Waals surface area (Å²) in [6.45, 7) is 0.333. The Morgan fingerprint density at radius 1 is 1.00 bits per heavy atom. The van der Waals surface area contributed by atoms with Gasteiger partial charge in [-0.1, -0.05) is 23.2 Å². The molecule has 0 aromatic heterocycles. The zero-order valence-corrected chi connectivity index (χ0v) is 11.8. The molecule has 0 aliphatic heterocycles. The molecule has 0 bridgehead atoms. The van der Waals surface area contributed by atoms with Gasteiger partial charge in [-0.2, -0.15) is 0 Å². The van der Waals surface area contributed by atoms with Crippen molar-refractivity contribution in [3.05, 3.63) is 52.0 Å². The molecular formula is C14H13Cl2NO2. The summed E-state index contributed by atoms with van der Waals surface area (Å²) in [7, 11) is 1.58. The van der Waals surface area contributed by atoms with Crippen LogP contribution in [0, 0.1) is 0 Å². The van der Waals surface area contributed by atoms with Crippen molar-refractivity contribution >= 4 is 28.9 Å². The van der Waals surface area contributed by atoms with Crippen LogP contribution in [-0.4, -0.2) is 7.11 Å². The van der Waals surface area contributed by atoms with Crippen molar-refractivity contribution in [1.82, 2.24) is 0 Å². The van der Waals surface area contributed by atoms with Gasteiger partial charge in [0.15, 0.2) is 11.5 Å². The molecule has 2 N–H and O–H groups in total. The monoisotopic (exact) mass is 297 g/mol. The second-order valence-electron chi connectivity index (χ2n) is 3.98. The lowest BCUT2D eigenvalue weighted by Gasteiger charge is -2.11. The standard InChI is InChI=1S/C14H13Cl2NO2/c1-18-13-3-2-12(17)7-14(13)19-8-9-4-10(15)6-11(16)5-9/h2-7H,8,17H2,1H3. The van der Waals surface area contributed by atoms with Crippen LogP contribution in [0.5, 0.6) is 11.5 Å². The average molecular weight is 298 g/mol. The van der Waals surface area contributed by atoms with Gasteiger partial charge < -0.3 is 15.2 Å². The van der Waals surface area contributed by atoms with Gasteiger partial charge in [0.1, 0.15) is 6.61 Å². The number of ether oxygens (including phenoxy) is 2. The molecule has 100 valence electrons. The van der Waals surface area contributed by atoms with Crippen molar-refractivity contribution in [2.75, 3.05) is 12.8 Å². The Labute approximate surface area is 121 Å². The Balaban J connectivity index is 2.16. The number of hydrogen-bond acceptors (Lipinski definition) is 3. The fourth-order valence-corrected chi connectivity index (χ4v) is 2.23. The highest BCUT2D eigenvalue weighted by Gasteiger charge is 2.06. The Hall–Kier alpha value is -1.58. The second-order valence-corrected chi connectivity index (χ2v) is 4.85. The van der Waals surface area contributed by atoms with Crippen LogP contribution in [0.1, 0.15) is 5.56 Å². The lowest BCUT2D eigenvalue weighted by molar-refractivity contribution is 0.285. The minimum absolute atomic E-state index is 0.333. The van der Waals surface area contributed by atoms with Crippen molar-refractivity contribution < 1.29 is 9.47 Å². The molecule has 0 heterocycles. The summed E-state index contributed by atoms with van der Waals surface area (Å²) < 4.78 is 10.9. The number of halogens is 2. The van der Waals surface area contributed by atoms with E-state index in [1.807, 2.05) is 0 Å². The molecular weight excluding hydrogens is 285 g/mol. The number of benzene rings is 2. The molecule has 0 aliphatic rings. The van der Waals surface area contributed by atoms with Gasteiger partial charge >= 0.3 is 0 Å². The molecule has 0 fully saturated rings. The highest BCUT2D eigenvalue weighted by Crippen LogP contribution is 2.30. The van der Waals surface area contributed by atoms with Gasteiger partial charge in [0, 0.05) is 21.8 Å². The van der Waals surface area contributed by atoms with Gasteiger partial charge in [0.25, 0.3) is 0 Å². The molecule has 3 nitrogen and oxygen atoms in total. The fraction of sp³-hybridized carbons (Fsp3) is 0.143. The molecule has 2 aromatic carbocycles. The number of hydrogen-bond donors (Lipinski definition) is 1. The van der Waals surface area contributed by atoms with Crippen LogP contribution in [0.15, 0.2) is 36.4 Å². The average Bonchev–Trinajstić information content (AvgIpc) is 2.35. The van der Waals surface area contributed by atoms with Gasteiger partial charge in [-0.3, -0.25) is 0 Å². The van der Waals surface area contributed by atoms with Gasteiger partial charge in [0.2, 0.25) is 0 Å². The van der Waals surface area contributed by atoms with E-state index in [4.69, 9.17) is 38.4 Å². The molecule has 19 heavy (non-hydrogen) atoms. The molecule has 0 aliphatic carbocycles. The SMILES string of the molecule is COc1ccc(N)cc1OCc1cc(Cl)cc(Cl)c1. The first-order chi connectivity index (χ1) is 9.08. The predicted octanol–water partition coefficient (Wildman–Crippen LogP) is 4.16. The molecule has 0 radical (unpaired) electrons. The summed E-state index contributed by atoms with van der Waals surface area (Å²) in [6, 6.07) is 10.5. The summed E-state index contributed by atoms with van der Waals surface area (Å²) >= 11 is 11.9. The third-order valence-corrected chi connectivity index (χ3v) is 2.94. The van der Waals surface area contributed by atoms with Gasteiger partial charge in [0.05, 0.1) is 7.11 Å². The maximum atomic E-state index is 5.93. The molecule has 2 aromatic rings. The zero-order valence-electron chi connectivity index (χ0n) is 10.3. The maximum Gasteiger partial charge on any atom is 0.163 e. The minimum atomic E-state index is 0.333. The first-order valence-corrected chi connectivity index (χ1v) is 6.35. The van der Waals surface area contributed by atoms with Crippen LogP contribution in [0.25, 0.3) is 0 Å². The van der Waals surface area contributed by atoms with Crippen molar-refractivity contribution in [3.63, 3.8) is 0 Å². The summed E-state index contributed by atoms with van der Waals surface area (Å²) in [5, 5.41) is 1.15. The second kappa shape index (κ2) is 6.04. The molecule has 2 rings (SSSR count). The smallest absolute Gasteiger partial charge is 0.163 e. The van der Waals surface area contributed by atoms with Crippen LogP contribution in [-0.2, 0) is 6.61 Å². The molecule has 0 amide bonds. The number of anilines is 1. The molecule has 0 spiro atoms. The van der Waals surface area contributed by atoms with Gasteiger partial charge in [-0.15, -0.1) is 0 Å². The first kappa shape index (κ1) is 13.8. The van der Waals surface area contributed by atoms with E-state index in [0.29, 0.717) is 33.8 Å². The van der Waals surface area contributed by atoms with E-state index < -0.39 is 0 Å². The van der Waals surface area contributed by atoms with Crippen LogP contribution in [0.4, 0.5) is 5.69 Å². The van der Waals surface area contributed by atoms with Crippen molar-refractivity contribution in [1.29, 1.82) is 0 Å². The summed E-state index contributed by atoms with van der Waals surface area (Å²) in [6.07, 6.45) is 0. The molecule has 0 atom stereocenters. The Bertz CT molecular complexity index is 567. The van der Waals surface area contributed by atoms with Crippen LogP contribution >= 0.6 is 23.2 Å². The zero-order chi connectivity index (χ0) is 13.8. The third kappa shape index (κ3) is 3.69. The molecule has 0 unspecified atom stereocenters. The van der Waals surface area contributed by atoms with E-state index in [9.17, 15) is 0 Å². The van der Waals surface area contributed by atoms with Crippen molar-refractivity contribution in [2.24, 2.45) is 0 Å². The number of nitrogens with two attached hydrogens (primary N) is 1. The summed E-state index contributed by atoms with van der Waals surface area (Å²) in [5.41, 5.74) is 7.21. The predicted molar refractivity (Wildman–Crippen MR) is 78.2 cm³/mol. The van der Waals surface area contributed by atoms with Crippen LogP contribution in [0.2, 0.25) is 10.0 Å². The summed E-state index contributed by atoms with van der Waals surface area (Å²) in [4.78, 5) is 0. The Morgan fingerprint density at radius 2 is 1.68 bits per heavy atom. The number of nitrogen functional groups attached to an aromatic ring is 1. The first-order valence-electron chi connectivity index (χ1n) is 5.60. The van der Waals surface area contributed by atoms with Crippen LogP contribution < -0.4 is 15.2 Å². The molecule has 0 saturated heterocycles. The van der Waals surface area contributed by atoms with Crippen molar-refractivity contribution in [3.8, 4) is 11.5 Å². The fourth-order valence-electron chi connectivity index (χ4n) is 1.66. The van der Waals surface area contributed by atoms with E-state index in [1.54, 1.807) is 43.5 Å². The topological polar surface area (TPSA) is 44.5 Å². The van der Waals surface area contributed by atoms with Crippen molar-refractivity contribution in [2.45, 2.75) is 6.61 Å². The Kier molecular flexibility index (Phi) is 4.40. The molecule has 0 saturated carbocycles. The van der Waals surface area contributed by atoms with Gasteiger partial charge in [-0.25, -0.2) is 0 Å². The van der Waals surface area contributed by atoms with E-state index in [2.05, 4.69) is 0 Å². The number of methoxy groups -OCH3 is 1. The van der Waals surface area contributed by atoms with E-state index in [1.165, 1.54) is 0 Å². The van der Waals surface area contributed by atoms with Gasteiger partial charge in [-0.05, 0) is 35.9 Å². The van der Waals surface area contributed by atoms with E-state index in [0.717, 1.165) is 5.56 Å².